The summed E-state index contributed by atoms with van der Waals surface area (Å²) in [5.41, 5.74) is 1.30. The van der Waals surface area contributed by atoms with Crippen LogP contribution in [0.25, 0.3) is 22.3 Å². The van der Waals surface area contributed by atoms with Gasteiger partial charge in [0.05, 0.1) is 30.6 Å². The highest BCUT2D eigenvalue weighted by molar-refractivity contribution is 6.01. The van der Waals surface area contributed by atoms with Crippen LogP contribution in [0.4, 0.5) is 17.6 Å². The van der Waals surface area contributed by atoms with Gasteiger partial charge in [-0.05, 0) is 29.7 Å². The molecule has 13 heteroatoms. The number of methoxy groups -OCH3 is 1. The smallest absolute Gasteiger partial charge is 0.333 e. The van der Waals surface area contributed by atoms with Crippen molar-refractivity contribution >= 4 is 22.9 Å². The van der Waals surface area contributed by atoms with E-state index in [-0.39, 0.29) is 47.3 Å². The third-order valence-electron chi connectivity index (χ3n) is 6.41. The Morgan fingerprint density at radius 2 is 1.95 bits per heavy atom. The van der Waals surface area contributed by atoms with Gasteiger partial charge in [0.15, 0.2) is 5.82 Å². The molecule has 0 unspecified atom stereocenters. The number of halogens is 4. The summed E-state index contributed by atoms with van der Waals surface area (Å²) in [7, 11) is 2.77. The van der Waals surface area contributed by atoms with E-state index in [0.717, 1.165) is 30.5 Å². The summed E-state index contributed by atoms with van der Waals surface area (Å²) in [6.07, 6.45) is 3.61. The molecule has 5 rings (SSSR count). The highest BCUT2D eigenvalue weighted by Gasteiger charge is 2.38. The first-order chi connectivity index (χ1) is 17.7. The van der Waals surface area contributed by atoms with Crippen LogP contribution in [-0.4, -0.2) is 61.0 Å². The molecule has 0 N–H and O–H groups in total. The number of aryl methyl sites for hydroxylation is 1. The first kappa shape index (κ1) is 24.4. The predicted octanol–water partition coefficient (Wildman–Crippen LogP) is 3.29. The number of hydrogen-bond donors (Lipinski definition) is 0. The molecular formula is C24H20F4N6O3. The van der Waals surface area contributed by atoms with Crippen LogP contribution in [0.2, 0.25) is 0 Å². The van der Waals surface area contributed by atoms with Gasteiger partial charge in [0.2, 0.25) is 0 Å². The number of carbonyl (C=O) groups is 2. The molecule has 3 aromatic heterocycles. The minimum absolute atomic E-state index is 0.0260. The van der Waals surface area contributed by atoms with E-state index in [1.54, 1.807) is 7.05 Å². The number of benzene rings is 1. The quantitative estimate of drug-likeness (QED) is 0.288. The molecule has 0 saturated carbocycles. The number of nitrogens with zero attached hydrogens (tertiary/aromatic N) is 6. The molecule has 1 aromatic carbocycles. The number of fused-ring (bicyclic) bond motifs is 2. The lowest BCUT2D eigenvalue weighted by molar-refractivity contribution is -0.146. The summed E-state index contributed by atoms with van der Waals surface area (Å²) >= 11 is 0. The Bertz CT molecular complexity index is 1530. The molecule has 0 saturated heterocycles. The van der Waals surface area contributed by atoms with E-state index in [1.807, 2.05) is 0 Å². The third-order valence-corrected chi connectivity index (χ3v) is 6.41. The Balaban J connectivity index is 1.53. The van der Waals surface area contributed by atoms with Gasteiger partial charge in [-0.3, -0.25) is 9.48 Å². The van der Waals surface area contributed by atoms with Gasteiger partial charge < -0.3 is 9.64 Å². The zero-order valence-electron chi connectivity index (χ0n) is 19.7. The van der Waals surface area contributed by atoms with Gasteiger partial charge in [0.25, 0.3) is 5.91 Å². The summed E-state index contributed by atoms with van der Waals surface area (Å²) in [5, 5.41) is 7.61. The Labute approximate surface area is 207 Å². The maximum Gasteiger partial charge on any atom is 0.333 e. The number of alkyl halides is 2. The van der Waals surface area contributed by atoms with Gasteiger partial charge in [0, 0.05) is 37.8 Å². The molecule has 1 atom stereocenters. The SMILES string of the molecule is COC(=O)[C@@H](Cc1cnn(C(F)F)c1)N1CCc2c(-c3nc4cnn(C)c4cc3F)ccc(F)c2C1=O. The number of pyridine rings is 1. The molecule has 1 aliphatic rings. The van der Waals surface area contributed by atoms with E-state index in [2.05, 4.69) is 15.2 Å². The largest absolute Gasteiger partial charge is 0.467 e. The second-order valence-corrected chi connectivity index (χ2v) is 8.54. The van der Waals surface area contributed by atoms with Crippen molar-refractivity contribution in [3.63, 3.8) is 0 Å². The second kappa shape index (κ2) is 9.30. The summed E-state index contributed by atoms with van der Waals surface area (Å²) in [6, 6.07) is 2.46. The maximum atomic E-state index is 15.1. The zero-order chi connectivity index (χ0) is 26.4. The molecule has 0 bridgehead atoms. The molecule has 1 aliphatic heterocycles. The molecule has 4 aromatic rings. The molecule has 1 amide bonds. The third kappa shape index (κ3) is 4.19. The van der Waals surface area contributed by atoms with Crippen LogP contribution in [-0.2, 0) is 29.4 Å². The van der Waals surface area contributed by atoms with E-state index in [0.29, 0.717) is 15.7 Å². The minimum Gasteiger partial charge on any atom is -0.467 e. The van der Waals surface area contributed by atoms with Gasteiger partial charge >= 0.3 is 12.5 Å². The van der Waals surface area contributed by atoms with Crippen LogP contribution in [0.3, 0.4) is 0 Å². The lowest BCUT2D eigenvalue weighted by atomic mass is 9.90. The summed E-state index contributed by atoms with van der Waals surface area (Å²) in [4.78, 5) is 31.6. The van der Waals surface area contributed by atoms with Crippen molar-refractivity contribution in [3.05, 3.63) is 65.1 Å². The van der Waals surface area contributed by atoms with Crippen molar-refractivity contribution < 1.29 is 31.9 Å². The summed E-state index contributed by atoms with van der Waals surface area (Å²) in [5.74, 6) is -3.11. The average molecular weight is 516 g/mol. The number of esters is 1. The highest BCUT2D eigenvalue weighted by atomic mass is 19.3. The Morgan fingerprint density at radius 1 is 1.16 bits per heavy atom. The number of carbonyl (C=O) groups excluding carboxylic acids is 2. The van der Waals surface area contributed by atoms with Crippen molar-refractivity contribution in [2.45, 2.75) is 25.4 Å². The number of amides is 1. The fourth-order valence-electron chi connectivity index (χ4n) is 4.62. The monoisotopic (exact) mass is 516 g/mol. The van der Waals surface area contributed by atoms with Gasteiger partial charge in [-0.25, -0.2) is 23.2 Å². The lowest BCUT2D eigenvalue weighted by Gasteiger charge is -2.34. The fraction of sp³-hybridized carbons (Fsp3) is 0.292. The molecule has 192 valence electrons. The maximum absolute atomic E-state index is 15.1. The predicted molar refractivity (Wildman–Crippen MR) is 122 cm³/mol. The first-order valence-corrected chi connectivity index (χ1v) is 11.2. The number of hydrogen-bond acceptors (Lipinski definition) is 6. The van der Waals surface area contributed by atoms with Crippen molar-refractivity contribution in [1.29, 1.82) is 0 Å². The van der Waals surface area contributed by atoms with Crippen molar-refractivity contribution in [1.82, 2.24) is 29.4 Å². The fourth-order valence-corrected chi connectivity index (χ4v) is 4.62. The number of rotatable bonds is 6. The normalized spacial score (nSPS) is 14.4. The van der Waals surface area contributed by atoms with E-state index in [4.69, 9.17) is 4.74 Å². The molecule has 37 heavy (non-hydrogen) atoms. The Hall–Kier alpha value is -4.29. The second-order valence-electron chi connectivity index (χ2n) is 8.54. The molecule has 0 fully saturated rings. The van der Waals surface area contributed by atoms with E-state index < -0.39 is 36.1 Å². The summed E-state index contributed by atoms with van der Waals surface area (Å²) < 4.78 is 62.7. The number of aromatic nitrogens is 5. The van der Waals surface area contributed by atoms with Gasteiger partial charge in [-0.1, -0.05) is 0 Å². The Kier molecular flexibility index (Phi) is 6.13. The highest BCUT2D eigenvalue weighted by Crippen LogP contribution is 2.34. The van der Waals surface area contributed by atoms with Crippen molar-refractivity contribution in [3.8, 4) is 11.3 Å². The average Bonchev–Trinajstić information content (AvgIpc) is 3.49. The minimum atomic E-state index is -2.87. The van der Waals surface area contributed by atoms with Gasteiger partial charge in [-0.15, -0.1) is 0 Å². The standard InChI is InChI=1S/C24H20F4N6O3/c1-32-18-8-16(26)21(31-17(18)10-29-32)14-3-4-15(25)20-13(14)5-6-33(22(20)35)19(23(36)37-2)7-12-9-30-34(11-12)24(27)28/h3-4,8-11,19,24H,5-7H2,1-2H3/t19-/m1/s1. The molecule has 4 heterocycles. The van der Waals surface area contributed by atoms with E-state index in [9.17, 15) is 18.4 Å². The number of ether oxygens (including phenoxy) is 1. The summed E-state index contributed by atoms with van der Waals surface area (Å²) in [6.45, 7) is -2.90. The van der Waals surface area contributed by atoms with Crippen molar-refractivity contribution in [2.24, 2.45) is 7.05 Å². The molecule has 0 aliphatic carbocycles. The van der Waals surface area contributed by atoms with Crippen LogP contribution >= 0.6 is 0 Å². The van der Waals surface area contributed by atoms with Crippen molar-refractivity contribution in [2.75, 3.05) is 13.7 Å². The topological polar surface area (TPSA) is 95.1 Å². The van der Waals surface area contributed by atoms with Gasteiger partial charge in [-0.2, -0.15) is 19.0 Å². The van der Waals surface area contributed by atoms with Crippen LogP contribution in [0.15, 0.2) is 36.8 Å². The van der Waals surface area contributed by atoms with Crippen LogP contribution in [0, 0.1) is 11.6 Å². The van der Waals surface area contributed by atoms with Gasteiger partial charge in [0.1, 0.15) is 23.1 Å². The van der Waals surface area contributed by atoms with Crippen LogP contribution < -0.4 is 0 Å². The molecule has 0 radical (unpaired) electrons. The van der Waals surface area contributed by atoms with Crippen LogP contribution in [0.5, 0.6) is 0 Å². The van der Waals surface area contributed by atoms with E-state index >= 15 is 8.78 Å². The molecule has 9 nitrogen and oxygen atoms in total. The lowest BCUT2D eigenvalue weighted by Crippen LogP contribution is -2.50. The molecule has 0 spiro atoms. The first-order valence-electron chi connectivity index (χ1n) is 11.2. The molecular weight excluding hydrogens is 496 g/mol. The van der Waals surface area contributed by atoms with Crippen LogP contribution in [0.1, 0.15) is 28.0 Å². The van der Waals surface area contributed by atoms with E-state index in [1.165, 1.54) is 23.0 Å². The zero-order valence-corrected chi connectivity index (χ0v) is 19.7. The Morgan fingerprint density at radius 3 is 2.65 bits per heavy atom.